The highest BCUT2D eigenvalue weighted by atomic mass is 32.2. The minimum Gasteiger partial charge on any atom is -0.366 e. The number of halogens is 4. The van der Waals surface area contributed by atoms with E-state index in [2.05, 4.69) is 0 Å². The lowest BCUT2D eigenvalue weighted by atomic mass is 10.1. The molecule has 0 aromatic heterocycles. The predicted octanol–water partition coefficient (Wildman–Crippen LogP) is 5.67. The number of anilines is 2. The number of thioether (sulfide) groups is 1. The number of carbonyl (C=O) groups is 2. The third-order valence-electron chi connectivity index (χ3n) is 6.49. The summed E-state index contributed by atoms with van der Waals surface area (Å²) in [6, 6.07) is 18.3. The van der Waals surface area contributed by atoms with Crippen LogP contribution in [0.2, 0.25) is 0 Å². The fraction of sp³-hybridized carbons (Fsp3) is 0.214. The molecule has 0 aliphatic carbocycles. The Balaban J connectivity index is 1.32. The molecule has 0 N–H and O–H groups in total. The van der Waals surface area contributed by atoms with Gasteiger partial charge in [-0.1, -0.05) is 48.2 Å². The van der Waals surface area contributed by atoms with Crippen molar-refractivity contribution in [2.45, 2.75) is 11.1 Å². The van der Waals surface area contributed by atoms with Gasteiger partial charge in [-0.05, 0) is 48.0 Å². The number of carbonyl (C=O) groups excluding carboxylic acids is 2. The zero-order valence-electron chi connectivity index (χ0n) is 20.1. The SMILES string of the molecule is O=C(CN1C(=O)/C(=C\c2ccc(C(F)(F)F)cc2)Sc2ccccc21)N1CCN(c2ccccc2F)CC1. The summed E-state index contributed by atoms with van der Waals surface area (Å²) in [5.74, 6) is -0.943. The Hall–Kier alpha value is -3.79. The molecule has 2 aliphatic rings. The quantitative estimate of drug-likeness (QED) is 0.315. The number of hydrogen-bond donors (Lipinski definition) is 0. The van der Waals surface area contributed by atoms with Crippen molar-refractivity contribution in [2.24, 2.45) is 0 Å². The highest BCUT2D eigenvalue weighted by Crippen LogP contribution is 2.42. The fourth-order valence-electron chi connectivity index (χ4n) is 4.48. The average Bonchev–Trinajstić information content (AvgIpc) is 2.91. The van der Waals surface area contributed by atoms with Crippen molar-refractivity contribution in [3.63, 3.8) is 0 Å². The molecule has 3 aromatic rings. The third-order valence-corrected chi connectivity index (χ3v) is 7.56. The molecule has 5 nitrogen and oxygen atoms in total. The summed E-state index contributed by atoms with van der Waals surface area (Å²) in [5, 5.41) is 0. The van der Waals surface area contributed by atoms with E-state index in [9.17, 15) is 27.2 Å². The summed E-state index contributed by atoms with van der Waals surface area (Å²) in [7, 11) is 0. The first-order valence-corrected chi connectivity index (χ1v) is 12.8. The van der Waals surface area contributed by atoms with E-state index in [0.717, 1.165) is 17.0 Å². The summed E-state index contributed by atoms with van der Waals surface area (Å²) >= 11 is 1.22. The molecule has 0 unspecified atom stereocenters. The van der Waals surface area contributed by atoms with E-state index < -0.39 is 17.6 Å². The Kier molecular flexibility index (Phi) is 7.16. The van der Waals surface area contributed by atoms with E-state index in [1.54, 1.807) is 35.2 Å². The van der Waals surface area contributed by atoms with Crippen LogP contribution >= 0.6 is 11.8 Å². The number of para-hydroxylation sites is 2. The number of amides is 2. The van der Waals surface area contributed by atoms with Crippen LogP contribution in [0.25, 0.3) is 6.08 Å². The number of fused-ring (bicyclic) bond motifs is 1. The van der Waals surface area contributed by atoms with Gasteiger partial charge in [0.05, 0.1) is 21.8 Å². The molecule has 0 bridgehead atoms. The number of piperazine rings is 1. The summed E-state index contributed by atoms with van der Waals surface area (Å²) in [6.45, 7) is 1.53. The maximum atomic E-state index is 14.2. The van der Waals surface area contributed by atoms with Gasteiger partial charge in [-0.15, -0.1) is 0 Å². The summed E-state index contributed by atoms with van der Waals surface area (Å²) in [4.78, 5) is 32.7. The lowest BCUT2D eigenvalue weighted by Crippen LogP contribution is -2.52. The lowest BCUT2D eigenvalue weighted by Gasteiger charge is -2.37. The number of rotatable bonds is 4. The Labute approximate surface area is 221 Å². The molecule has 1 saturated heterocycles. The van der Waals surface area contributed by atoms with Crippen LogP contribution in [0.15, 0.2) is 82.6 Å². The van der Waals surface area contributed by atoms with Crippen LogP contribution in [-0.2, 0) is 15.8 Å². The largest absolute Gasteiger partial charge is 0.416 e. The topological polar surface area (TPSA) is 43.9 Å². The molecule has 0 saturated carbocycles. The second kappa shape index (κ2) is 10.5. The van der Waals surface area contributed by atoms with Gasteiger partial charge in [-0.3, -0.25) is 14.5 Å². The average molecular weight is 542 g/mol. The van der Waals surface area contributed by atoms with Crippen molar-refractivity contribution in [1.29, 1.82) is 0 Å². The molecule has 3 aromatic carbocycles. The van der Waals surface area contributed by atoms with Gasteiger partial charge >= 0.3 is 6.18 Å². The standard InChI is InChI=1S/C28H23F4N3O2S/c29-21-5-1-2-6-22(21)33-13-15-34(16-14-33)26(36)18-35-23-7-3-4-8-24(23)38-25(27(35)37)17-19-9-11-20(12-10-19)28(30,31)32/h1-12,17H,13-16,18H2/b25-17+. The molecule has 10 heteroatoms. The minimum atomic E-state index is -4.45. The maximum Gasteiger partial charge on any atom is 0.416 e. The highest BCUT2D eigenvalue weighted by molar-refractivity contribution is 8.04. The number of alkyl halides is 3. The van der Waals surface area contributed by atoms with Crippen molar-refractivity contribution in [1.82, 2.24) is 4.90 Å². The Bertz CT molecular complexity index is 1380. The van der Waals surface area contributed by atoms with Crippen LogP contribution in [0.5, 0.6) is 0 Å². The second-order valence-corrected chi connectivity index (χ2v) is 9.99. The van der Waals surface area contributed by atoms with Crippen LogP contribution in [0.4, 0.5) is 28.9 Å². The molecule has 38 heavy (non-hydrogen) atoms. The highest BCUT2D eigenvalue weighted by Gasteiger charge is 2.33. The minimum absolute atomic E-state index is 0.180. The molecule has 2 heterocycles. The van der Waals surface area contributed by atoms with E-state index in [1.807, 2.05) is 17.0 Å². The maximum absolute atomic E-state index is 14.2. The first-order chi connectivity index (χ1) is 18.2. The molecule has 0 atom stereocenters. The van der Waals surface area contributed by atoms with Crippen molar-refractivity contribution in [2.75, 3.05) is 42.5 Å². The Morgan fingerprint density at radius 3 is 2.16 bits per heavy atom. The number of benzene rings is 3. The van der Waals surface area contributed by atoms with Gasteiger partial charge in [0.15, 0.2) is 0 Å². The predicted molar refractivity (Wildman–Crippen MR) is 139 cm³/mol. The van der Waals surface area contributed by atoms with Crippen molar-refractivity contribution >= 4 is 41.0 Å². The van der Waals surface area contributed by atoms with Crippen LogP contribution in [-0.4, -0.2) is 49.4 Å². The Morgan fingerprint density at radius 1 is 0.868 bits per heavy atom. The first-order valence-electron chi connectivity index (χ1n) is 12.0. The normalized spacial score (nSPS) is 17.1. The number of nitrogens with zero attached hydrogens (tertiary/aromatic N) is 3. The first kappa shape index (κ1) is 25.8. The monoisotopic (exact) mass is 541 g/mol. The summed E-state index contributed by atoms with van der Waals surface area (Å²) in [5.41, 5.74) is 0.777. The van der Waals surface area contributed by atoms with Gasteiger partial charge in [0.2, 0.25) is 5.91 Å². The van der Waals surface area contributed by atoms with E-state index in [-0.39, 0.29) is 18.3 Å². The van der Waals surface area contributed by atoms with E-state index in [0.29, 0.717) is 48.0 Å². The van der Waals surface area contributed by atoms with Crippen molar-refractivity contribution < 1.29 is 27.2 Å². The van der Waals surface area contributed by atoms with Gasteiger partial charge in [0.25, 0.3) is 5.91 Å². The van der Waals surface area contributed by atoms with Crippen LogP contribution in [0.3, 0.4) is 0 Å². The smallest absolute Gasteiger partial charge is 0.366 e. The molecule has 2 amide bonds. The van der Waals surface area contributed by atoms with Crippen LogP contribution < -0.4 is 9.80 Å². The fourth-order valence-corrected chi connectivity index (χ4v) is 5.54. The van der Waals surface area contributed by atoms with E-state index >= 15 is 0 Å². The molecule has 1 fully saturated rings. The number of hydrogen-bond acceptors (Lipinski definition) is 4. The van der Waals surface area contributed by atoms with Crippen molar-refractivity contribution in [3.05, 3.63) is 94.6 Å². The van der Waals surface area contributed by atoms with Crippen molar-refractivity contribution in [3.8, 4) is 0 Å². The van der Waals surface area contributed by atoms with Crippen LogP contribution in [0.1, 0.15) is 11.1 Å². The molecular weight excluding hydrogens is 518 g/mol. The van der Waals surface area contributed by atoms with Gasteiger partial charge in [0, 0.05) is 31.1 Å². The van der Waals surface area contributed by atoms with E-state index in [4.69, 9.17) is 0 Å². The molecular formula is C28H23F4N3O2S. The van der Waals surface area contributed by atoms with Crippen LogP contribution in [0, 0.1) is 5.82 Å². The molecule has 0 spiro atoms. The molecule has 2 aliphatic heterocycles. The van der Waals surface area contributed by atoms with Gasteiger partial charge in [-0.25, -0.2) is 4.39 Å². The van der Waals surface area contributed by atoms with Gasteiger partial charge in [0.1, 0.15) is 12.4 Å². The molecule has 0 radical (unpaired) electrons. The lowest BCUT2D eigenvalue weighted by molar-refractivity contribution is -0.137. The van der Waals surface area contributed by atoms with E-state index in [1.165, 1.54) is 40.9 Å². The Morgan fingerprint density at radius 2 is 1.50 bits per heavy atom. The summed E-state index contributed by atoms with van der Waals surface area (Å²) in [6.07, 6.45) is -2.91. The third kappa shape index (κ3) is 5.40. The molecule has 5 rings (SSSR count). The van der Waals surface area contributed by atoms with Gasteiger partial charge in [-0.2, -0.15) is 13.2 Å². The zero-order valence-corrected chi connectivity index (χ0v) is 20.9. The summed E-state index contributed by atoms with van der Waals surface area (Å²) < 4.78 is 52.9. The zero-order chi connectivity index (χ0) is 26.9. The van der Waals surface area contributed by atoms with Gasteiger partial charge < -0.3 is 9.80 Å². The molecule has 196 valence electrons. The second-order valence-electron chi connectivity index (χ2n) is 8.91.